The van der Waals surface area contributed by atoms with E-state index in [4.69, 9.17) is 4.74 Å². The third kappa shape index (κ3) is 5.66. The number of aromatic nitrogens is 1. The third-order valence-corrected chi connectivity index (χ3v) is 6.59. The maximum Gasteiger partial charge on any atom is 0.410 e. The van der Waals surface area contributed by atoms with Gasteiger partial charge in [0, 0.05) is 25.9 Å². The number of nitrogens with one attached hydrogen (secondary N) is 1. The Morgan fingerprint density at radius 1 is 1.03 bits per heavy atom. The van der Waals surface area contributed by atoms with Crippen molar-refractivity contribution in [1.82, 2.24) is 14.2 Å². The minimum absolute atomic E-state index is 0.0200. The van der Waals surface area contributed by atoms with E-state index in [1.165, 1.54) is 40.3 Å². The van der Waals surface area contributed by atoms with Crippen molar-refractivity contribution >= 4 is 22.0 Å². The van der Waals surface area contributed by atoms with E-state index in [-0.39, 0.29) is 22.9 Å². The molecule has 180 valence electrons. The fourth-order valence-electron chi connectivity index (χ4n) is 3.34. The van der Waals surface area contributed by atoms with Crippen molar-refractivity contribution in [3.63, 3.8) is 0 Å². The van der Waals surface area contributed by atoms with Crippen LogP contribution >= 0.6 is 0 Å². The number of amides is 2. The molecule has 0 aliphatic heterocycles. The molecule has 1 heterocycles. The Hall–Kier alpha value is -3.59. The Bertz CT molecular complexity index is 1290. The molecule has 0 atom stereocenters. The van der Waals surface area contributed by atoms with Crippen molar-refractivity contribution in [3.05, 3.63) is 78.0 Å². The van der Waals surface area contributed by atoms with Gasteiger partial charge in [-0.05, 0) is 56.2 Å². The van der Waals surface area contributed by atoms with Crippen molar-refractivity contribution < 1.29 is 22.7 Å². The van der Waals surface area contributed by atoms with E-state index in [0.717, 1.165) is 0 Å². The van der Waals surface area contributed by atoms with E-state index < -0.39 is 21.7 Å². The lowest BCUT2D eigenvalue weighted by molar-refractivity contribution is 0.0285. The number of carbonyl (C=O) groups is 2. The van der Waals surface area contributed by atoms with Crippen LogP contribution in [0.2, 0.25) is 0 Å². The zero-order chi connectivity index (χ0) is 25.1. The van der Waals surface area contributed by atoms with E-state index >= 15 is 0 Å². The molecule has 0 saturated heterocycles. The van der Waals surface area contributed by atoms with Gasteiger partial charge in [-0.1, -0.05) is 36.4 Å². The van der Waals surface area contributed by atoms with Crippen LogP contribution in [0.15, 0.2) is 71.8 Å². The van der Waals surface area contributed by atoms with Crippen LogP contribution in [-0.4, -0.2) is 49.0 Å². The van der Waals surface area contributed by atoms with Crippen molar-refractivity contribution in [3.8, 4) is 11.3 Å². The monoisotopic (exact) mass is 483 g/mol. The molecule has 0 spiro atoms. The number of hydrogen-bond acceptors (Lipinski definition) is 5. The van der Waals surface area contributed by atoms with Crippen LogP contribution in [0.3, 0.4) is 0 Å². The highest BCUT2D eigenvalue weighted by molar-refractivity contribution is 7.90. The van der Waals surface area contributed by atoms with E-state index in [2.05, 4.69) is 5.32 Å². The predicted octanol–water partition coefficient (Wildman–Crippen LogP) is 4.12. The van der Waals surface area contributed by atoms with Crippen LogP contribution in [0.25, 0.3) is 11.3 Å². The zero-order valence-electron chi connectivity index (χ0n) is 19.9. The molecule has 0 saturated carbocycles. The van der Waals surface area contributed by atoms with Crippen molar-refractivity contribution in [2.24, 2.45) is 0 Å². The summed E-state index contributed by atoms with van der Waals surface area (Å²) in [6.07, 6.45) is 0.980. The van der Waals surface area contributed by atoms with Crippen LogP contribution in [0.1, 0.15) is 36.7 Å². The maximum atomic E-state index is 13.6. The van der Waals surface area contributed by atoms with Crippen molar-refractivity contribution in [1.29, 1.82) is 0 Å². The molecule has 0 aliphatic carbocycles. The summed E-state index contributed by atoms with van der Waals surface area (Å²) in [6, 6.07) is 16.7. The highest BCUT2D eigenvalue weighted by atomic mass is 32.2. The van der Waals surface area contributed by atoms with Crippen molar-refractivity contribution in [2.45, 2.75) is 37.8 Å². The quantitative estimate of drug-likeness (QED) is 0.569. The molecule has 0 aliphatic rings. The maximum absolute atomic E-state index is 13.6. The molecule has 0 bridgehead atoms. The third-order valence-electron chi connectivity index (χ3n) is 4.92. The average Bonchev–Trinajstić information content (AvgIpc) is 3.22. The summed E-state index contributed by atoms with van der Waals surface area (Å²) >= 11 is 0. The molecule has 9 heteroatoms. The topological polar surface area (TPSA) is 97.7 Å². The summed E-state index contributed by atoms with van der Waals surface area (Å²) in [5.74, 6) is -0.382. The summed E-state index contributed by atoms with van der Waals surface area (Å²) in [5, 5.41) is 2.50. The van der Waals surface area contributed by atoms with Crippen molar-refractivity contribution in [2.75, 3.05) is 14.1 Å². The van der Waals surface area contributed by atoms with Crippen LogP contribution < -0.4 is 5.32 Å². The number of ether oxygens (including phenoxy) is 1. The van der Waals surface area contributed by atoms with Gasteiger partial charge in [-0.25, -0.2) is 17.2 Å². The molecule has 8 nitrogen and oxygen atoms in total. The number of rotatable bonds is 6. The highest BCUT2D eigenvalue weighted by Gasteiger charge is 2.25. The van der Waals surface area contributed by atoms with Gasteiger partial charge in [0.2, 0.25) is 0 Å². The predicted molar refractivity (Wildman–Crippen MR) is 130 cm³/mol. The lowest BCUT2D eigenvalue weighted by Crippen LogP contribution is -2.33. The van der Waals surface area contributed by atoms with Gasteiger partial charge in [-0.3, -0.25) is 4.79 Å². The fraction of sp³-hybridized carbons (Fsp3) is 0.280. The first-order chi connectivity index (χ1) is 15.9. The molecule has 1 aromatic heterocycles. The van der Waals surface area contributed by atoms with Gasteiger partial charge in [0.15, 0.2) is 0 Å². The molecule has 2 aromatic carbocycles. The van der Waals surface area contributed by atoms with E-state index in [9.17, 15) is 18.0 Å². The first kappa shape index (κ1) is 25.0. The number of hydrogen-bond donors (Lipinski definition) is 1. The smallest absolute Gasteiger partial charge is 0.410 e. The van der Waals surface area contributed by atoms with Gasteiger partial charge in [0.25, 0.3) is 15.9 Å². The molecule has 1 N–H and O–H groups in total. The zero-order valence-corrected chi connectivity index (χ0v) is 20.7. The summed E-state index contributed by atoms with van der Waals surface area (Å²) < 4.78 is 33.9. The molecule has 2 amide bonds. The second-order valence-electron chi connectivity index (χ2n) is 8.84. The minimum atomic E-state index is -4.04. The van der Waals surface area contributed by atoms with Crippen LogP contribution in [0.4, 0.5) is 4.79 Å². The molecule has 34 heavy (non-hydrogen) atoms. The summed E-state index contributed by atoms with van der Waals surface area (Å²) in [4.78, 5) is 25.8. The van der Waals surface area contributed by atoms with E-state index in [1.54, 1.807) is 40.0 Å². The summed E-state index contributed by atoms with van der Waals surface area (Å²) in [6.45, 7) is 5.49. The molecule has 3 aromatic rings. The Labute approximate surface area is 200 Å². The largest absolute Gasteiger partial charge is 0.444 e. The van der Waals surface area contributed by atoms with Gasteiger partial charge >= 0.3 is 6.09 Å². The van der Waals surface area contributed by atoms with Gasteiger partial charge in [0.05, 0.1) is 17.1 Å². The lowest BCUT2D eigenvalue weighted by Gasteiger charge is -2.24. The Morgan fingerprint density at radius 3 is 2.32 bits per heavy atom. The SMILES string of the molecule is CNC(=O)c1cccc(S(=O)(=O)n2cc(CN(C)C(=O)OC(C)(C)C)cc2-c2ccccc2)c1. The fourth-order valence-corrected chi connectivity index (χ4v) is 4.78. The Kier molecular flexibility index (Phi) is 7.16. The second-order valence-corrected chi connectivity index (χ2v) is 10.7. The Balaban J connectivity index is 2.05. The highest BCUT2D eigenvalue weighted by Crippen LogP contribution is 2.28. The van der Waals surface area contributed by atoms with Gasteiger partial charge in [-0.2, -0.15) is 0 Å². The molecule has 3 rings (SSSR count). The van der Waals surface area contributed by atoms with E-state index in [0.29, 0.717) is 16.8 Å². The van der Waals surface area contributed by atoms with Crippen LogP contribution in [0, 0.1) is 0 Å². The first-order valence-corrected chi connectivity index (χ1v) is 12.1. The summed E-state index contributed by atoms with van der Waals surface area (Å²) in [7, 11) is -0.969. The number of carbonyl (C=O) groups excluding carboxylic acids is 2. The Morgan fingerprint density at radius 2 is 1.71 bits per heavy atom. The molecule has 0 unspecified atom stereocenters. The van der Waals surface area contributed by atoms with Gasteiger partial charge in [-0.15, -0.1) is 0 Å². The summed E-state index contributed by atoms with van der Waals surface area (Å²) in [5.41, 5.74) is 1.34. The van der Waals surface area contributed by atoms with Crippen LogP contribution in [-0.2, 0) is 21.3 Å². The standard InChI is InChI=1S/C25H29N3O5S/c1-25(2,3)33-24(30)27(5)16-18-14-22(19-10-7-6-8-11-19)28(17-18)34(31,32)21-13-9-12-20(15-21)23(29)26-4/h6-15,17H,16H2,1-5H3,(H,26,29). The molecule has 0 fully saturated rings. The minimum Gasteiger partial charge on any atom is -0.444 e. The normalized spacial score (nSPS) is 11.7. The lowest BCUT2D eigenvalue weighted by atomic mass is 10.1. The molecular formula is C25H29N3O5S. The molecular weight excluding hydrogens is 454 g/mol. The van der Waals surface area contributed by atoms with E-state index in [1.807, 2.05) is 30.3 Å². The second kappa shape index (κ2) is 9.72. The first-order valence-electron chi connectivity index (χ1n) is 10.7. The average molecular weight is 484 g/mol. The van der Waals surface area contributed by atoms with Gasteiger partial charge < -0.3 is 15.0 Å². The van der Waals surface area contributed by atoms with Crippen LogP contribution in [0.5, 0.6) is 0 Å². The number of nitrogens with zero attached hydrogens (tertiary/aromatic N) is 2. The van der Waals surface area contributed by atoms with Gasteiger partial charge in [0.1, 0.15) is 5.60 Å². The molecule has 0 radical (unpaired) electrons. The number of benzene rings is 2.